The first-order valence-corrected chi connectivity index (χ1v) is 10.6. The second-order valence-electron chi connectivity index (χ2n) is 6.67. The van der Waals surface area contributed by atoms with Crippen LogP contribution in [0.25, 0.3) is 11.4 Å². The van der Waals surface area contributed by atoms with Crippen LogP contribution < -0.4 is 4.90 Å². The Labute approximate surface area is 162 Å². The molecular weight excluding hydrogens is 380 g/mol. The van der Waals surface area contributed by atoms with E-state index >= 15 is 0 Å². The maximum Gasteiger partial charge on any atom is 0.227 e. The molecule has 0 radical (unpaired) electrons. The van der Waals surface area contributed by atoms with E-state index in [1.807, 2.05) is 34.6 Å². The van der Waals surface area contributed by atoms with Gasteiger partial charge in [0.1, 0.15) is 11.5 Å². The topological polar surface area (TPSA) is 118 Å². The molecule has 0 bridgehead atoms. The molecule has 3 heterocycles. The van der Waals surface area contributed by atoms with Crippen LogP contribution in [0.3, 0.4) is 0 Å². The highest BCUT2D eigenvalue weighted by Crippen LogP contribution is 2.25. The van der Waals surface area contributed by atoms with E-state index in [9.17, 15) is 8.42 Å². The molecule has 0 atom stereocenters. The van der Waals surface area contributed by atoms with E-state index < -0.39 is 9.84 Å². The molecule has 9 nitrogen and oxygen atoms in total. The van der Waals surface area contributed by atoms with Crippen LogP contribution in [0.2, 0.25) is 0 Å². The van der Waals surface area contributed by atoms with Gasteiger partial charge < -0.3 is 9.42 Å². The van der Waals surface area contributed by atoms with Crippen LogP contribution in [-0.2, 0) is 16.4 Å². The molecular formula is C18H18N6O3S. The largest absolute Gasteiger partial charge is 0.361 e. The van der Waals surface area contributed by atoms with Crippen molar-refractivity contribution >= 4 is 15.8 Å². The molecule has 1 aliphatic heterocycles. The van der Waals surface area contributed by atoms with Crippen LogP contribution >= 0.6 is 0 Å². The Morgan fingerprint density at radius 3 is 2.50 bits per heavy atom. The number of nitriles is 1. The van der Waals surface area contributed by atoms with Gasteiger partial charge in [-0.15, -0.1) is 10.2 Å². The SMILES string of the molecule is Cc1cc(Cn2c(-c3ccc(C#N)cc3)nnc2N2CCS(=O)(=O)CC2)no1. The fourth-order valence-electron chi connectivity index (χ4n) is 3.15. The molecule has 1 saturated heterocycles. The number of hydrogen-bond acceptors (Lipinski definition) is 8. The molecule has 0 amide bonds. The zero-order chi connectivity index (χ0) is 19.7. The van der Waals surface area contributed by atoms with Crippen molar-refractivity contribution in [1.29, 1.82) is 5.26 Å². The summed E-state index contributed by atoms with van der Waals surface area (Å²) in [6.07, 6.45) is 0. The molecule has 0 N–H and O–H groups in total. The van der Waals surface area contributed by atoms with Gasteiger partial charge in [0.2, 0.25) is 5.95 Å². The van der Waals surface area contributed by atoms with Gasteiger partial charge in [-0.05, 0) is 31.2 Å². The van der Waals surface area contributed by atoms with Crippen LogP contribution in [0, 0.1) is 18.3 Å². The van der Waals surface area contributed by atoms with E-state index in [1.165, 1.54) is 0 Å². The Morgan fingerprint density at radius 1 is 1.18 bits per heavy atom. The van der Waals surface area contributed by atoms with Gasteiger partial charge in [-0.1, -0.05) is 5.16 Å². The van der Waals surface area contributed by atoms with E-state index in [1.54, 1.807) is 12.1 Å². The number of hydrogen-bond donors (Lipinski definition) is 0. The molecule has 1 aromatic carbocycles. The minimum atomic E-state index is -3.00. The van der Waals surface area contributed by atoms with Gasteiger partial charge in [0, 0.05) is 24.7 Å². The Balaban J connectivity index is 1.73. The van der Waals surface area contributed by atoms with Crippen molar-refractivity contribution in [1.82, 2.24) is 19.9 Å². The Bertz CT molecular complexity index is 1130. The van der Waals surface area contributed by atoms with Gasteiger partial charge >= 0.3 is 0 Å². The van der Waals surface area contributed by atoms with E-state index in [-0.39, 0.29) is 11.5 Å². The number of nitrogens with zero attached hydrogens (tertiary/aromatic N) is 6. The predicted octanol–water partition coefficient (Wildman–Crippen LogP) is 1.40. The van der Waals surface area contributed by atoms with Crippen LogP contribution in [0.4, 0.5) is 5.95 Å². The van der Waals surface area contributed by atoms with Crippen molar-refractivity contribution in [2.75, 3.05) is 29.5 Å². The molecule has 3 aromatic rings. The van der Waals surface area contributed by atoms with Gasteiger partial charge in [0.25, 0.3) is 0 Å². The third kappa shape index (κ3) is 3.61. The normalized spacial score (nSPS) is 16.1. The minimum Gasteiger partial charge on any atom is -0.361 e. The highest BCUT2D eigenvalue weighted by molar-refractivity contribution is 7.91. The van der Waals surface area contributed by atoms with Crippen molar-refractivity contribution in [3.8, 4) is 17.5 Å². The third-order valence-corrected chi connectivity index (χ3v) is 6.24. The summed E-state index contributed by atoms with van der Waals surface area (Å²) in [7, 11) is -3.00. The summed E-state index contributed by atoms with van der Waals surface area (Å²) in [5.41, 5.74) is 2.09. The predicted molar refractivity (Wildman–Crippen MR) is 101 cm³/mol. The molecule has 28 heavy (non-hydrogen) atoms. The smallest absolute Gasteiger partial charge is 0.227 e. The van der Waals surface area contributed by atoms with Gasteiger partial charge in [-0.25, -0.2) is 8.42 Å². The summed E-state index contributed by atoms with van der Waals surface area (Å²) in [5.74, 6) is 2.10. The molecule has 4 rings (SSSR count). The lowest BCUT2D eigenvalue weighted by molar-refractivity contribution is 0.389. The van der Waals surface area contributed by atoms with Gasteiger partial charge in [0.05, 0.1) is 29.7 Å². The first-order valence-electron chi connectivity index (χ1n) is 8.76. The molecule has 0 saturated carbocycles. The molecule has 1 fully saturated rings. The highest BCUT2D eigenvalue weighted by atomic mass is 32.2. The highest BCUT2D eigenvalue weighted by Gasteiger charge is 2.27. The number of anilines is 1. The van der Waals surface area contributed by atoms with E-state index in [0.717, 1.165) is 11.3 Å². The fraction of sp³-hybridized carbons (Fsp3) is 0.333. The van der Waals surface area contributed by atoms with Gasteiger partial charge in [-0.2, -0.15) is 5.26 Å². The van der Waals surface area contributed by atoms with Crippen LogP contribution in [0.5, 0.6) is 0 Å². The fourth-order valence-corrected chi connectivity index (χ4v) is 4.35. The van der Waals surface area contributed by atoms with Gasteiger partial charge in [0.15, 0.2) is 15.7 Å². The maximum absolute atomic E-state index is 11.8. The number of aryl methyl sites for hydroxylation is 1. The summed E-state index contributed by atoms with van der Waals surface area (Å²) in [6, 6.07) is 11.0. The van der Waals surface area contributed by atoms with Crippen molar-refractivity contribution in [3.63, 3.8) is 0 Å². The number of sulfone groups is 1. The van der Waals surface area contributed by atoms with E-state index in [4.69, 9.17) is 9.78 Å². The lowest BCUT2D eigenvalue weighted by Crippen LogP contribution is -2.41. The minimum absolute atomic E-state index is 0.0924. The molecule has 1 aliphatic rings. The molecule has 0 aliphatic carbocycles. The van der Waals surface area contributed by atoms with E-state index in [0.29, 0.717) is 42.7 Å². The first-order chi connectivity index (χ1) is 13.4. The Morgan fingerprint density at radius 2 is 1.89 bits per heavy atom. The van der Waals surface area contributed by atoms with Gasteiger partial charge in [-0.3, -0.25) is 4.57 Å². The molecule has 0 unspecified atom stereocenters. The second-order valence-corrected chi connectivity index (χ2v) is 8.97. The van der Waals surface area contributed by atoms with Crippen LogP contribution in [-0.4, -0.2) is 52.9 Å². The van der Waals surface area contributed by atoms with Crippen LogP contribution in [0.15, 0.2) is 34.9 Å². The summed E-state index contributed by atoms with van der Waals surface area (Å²) in [6.45, 7) is 2.94. The van der Waals surface area contributed by atoms with Crippen molar-refractivity contribution in [2.45, 2.75) is 13.5 Å². The standard InChI is InChI=1S/C18H18N6O3S/c1-13-10-16(22-27-13)12-24-17(15-4-2-14(11-19)3-5-15)20-21-18(24)23-6-8-28(25,26)9-7-23/h2-5,10H,6-9,12H2,1H3. The zero-order valence-electron chi connectivity index (χ0n) is 15.2. The van der Waals surface area contributed by atoms with Crippen molar-refractivity contribution < 1.29 is 12.9 Å². The Hall–Kier alpha value is -3.19. The lowest BCUT2D eigenvalue weighted by atomic mass is 10.1. The van der Waals surface area contributed by atoms with Crippen molar-refractivity contribution in [3.05, 3.63) is 47.3 Å². The first kappa shape index (κ1) is 18.2. The summed E-state index contributed by atoms with van der Waals surface area (Å²) in [5, 5.41) is 21.7. The average molecular weight is 398 g/mol. The van der Waals surface area contributed by atoms with Crippen LogP contribution in [0.1, 0.15) is 17.0 Å². The third-order valence-electron chi connectivity index (χ3n) is 4.63. The molecule has 0 spiro atoms. The number of aromatic nitrogens is 4. The van der Waals surface area contributed by atoms with E-state index in [2.05, 4.69) is 21.4 Å². The molecule has 2 aromatic heterocycles. The number of rotatable bonds is 4. The molecule has 10 heteroatoms. The second kappa shape index (κ2) is 7.09. The Kier molecular flexibility index (Phi) is 4.60. The average Bonchev–Trinajstić information content (AvgIpc) is 3.28. The monoisotopic (exact) mass is 398 g/mol. The summed E-state index contributed by atoms with van der Waals surface area (Å²) in [4.78, 5) is 1.92. The number of benzene rings is 1. The maximum atomic E-state index is 11.8. The quantitative estimate of drug-likeness (QED) is 0.647. The lowest BCUT2D eigenvalue weighted by Gasteiger charge is -2.27. The summed E-state index contributed by atoms with van der Waals surface area (Å²) >= 11 is 0. The molecule has 144 valence electrons. The zero-order valence-corrected chi connectivity index (χ0v) is 16.1. The summed E-state index contributed by atoms with van der Waals surface area (Å²) < 4.78 is 30.6. The van der Waals surface area contributed by atoms with Crippen molar-refractivity contribution in [2.24, 2.45) is 0 Å².